The number of amides is 1. The van der Waals surface area contributed by atoms with Crippen molar-refractivity contribution in [2.75, 3.05) is 60.0 Å². The summed E-state index contributed by atoms with van der Waals surface area (Å²) >= 11 is 0. The SMILES string of the molecule is CN(C)C(=O)CN1CCN(CCOc2ccccc2)CC1. The molecule has 1 aliphatic heterocycles. The molecule has 1 saturated heterocycles. The number of likely N-dealkylation sites (N-methyl/N-ethyl adjacent to an activating group) is 1. The first-order valence-electron chi connectivity index (χ1n) is 7.48. The molecule has 1 aliphatic rings. The molecule has 1 amide bonds. The maximum absolute atomic E-state index is 11.7. The fourth-order valence-electron chi connectivity index (χ4n) is 2.31. The highest BCUT2D eigenvalue weighted by molar-refractivity contribution is 5.77. The van der Waals surface area contributed by atoms with Gasteiger partial charge in [0, 0.05) is 46.8 Å². The molecular formula is C16H25N3O2. The molecule has 0 bridgehead atoms. The van der Waals surface area contributed by atoms with Crippen LogP contribution in [0.4, 0.5) is 0 Å². The number of rotatable bonds is 6. The lowest BCUT2D eigenvalue weighted by atomic mass is 10.3. The third kappa shape index (κ3) is 5.36. The molecule has 0 aliphatic carbocycles. The van der Waals surface area contributed by atoms with Gasteiger partial charge < -0.3 is 9.64 Å². The van der Waals surface area contributed by atoms with Gasteiger partial charge in [-0.1, -0.05) is 18.2 Å². The lowest BCUT2D eigenvalue weighted by molar-refractivity contribution is -0.130. The van der Waals surface area contributed by atoms with Gasteiger partial charge in [-0.2, -0.15) is 0 Å². The second kappa shape index (κ2) is 8.00. The molecule has 1 heterocycles. The van der Waals surface area contributed by atoms with E-state index in [1.54, 1.807) is 19.0 Å². The summed E-state index contributed by atoms with van der Waals surface area (Å²) in [5, 5.41) is 0. The normalized spacial score (nSPS) is 16.7. The van der Waals surface area contributed by atoms with Crippen molar-refractivity contribution < 1.29 is 9.53 Å². The average Bonchev–Trinajstić information content (AvgIpc) is 2.50. The zero-order valence-electron chi connectivity index (χ0n) is 13.0. The number of hydrogen-bond acceptors (Lipinski definition) is 4. The minimum atomic E-state index is 0.177. The van der Waals surface area contributed by atoms with Gasteiger partial charge in [-0.3, -0.25) is 14.6 Å². The fourth-order valence-corrected chi connectivity index (χ4v) is 2.31. The number of hydrogen-bond donors (Lipinski definition) is 0. The van der Waals surface area contributed by atoms with Crippen molar-refractivity contribution in [2.45, 2.75) is 0 Å². The van der Waals surface area contributed by atoms with E-state index in [9.17, 15) is 4.79 Å². The Kier molecular flexibility index (Phi) is 6.02. The van der Waals surface area contributed by atoms with Crippen molar-refractivity contribution in [2.24, 2.45) is 0 Å². The predicted octanol–water partition coefficient (Wildman–Crippen LogP) is 0.771. The highest BCUT2D eigenvalue weighted by atomic mass is 16.5. The number of carbonyl (C=O) groups excluding carboxylic acids is 1. The standard InChI is InChI=1S/C16H25N3O2/c1-17(2)16(20)14-19-10-8-18(9-11-19)12-13-21-15-6-4-3-5-7-15/h3-7H,8-14H2,1-2H3. The van der Waals surface area contributed by atoms with Gasteiger partial charge in [-0.05, 0) is 12.1 Å². The van der Waals surface area contributed by atoms with Gasteiger partial charge in [0.25, 0.3) is 0 Å². The summed E-state index contributed by atoms with van der Waals surface area (Å²) in [6, 6.07) is 9.91. The van der Waals surface area contributed by atoms with Crippen LogP contribution < -0.4 is 4.74 Å². The molecule has 1 fully saturated rings. The Hall–Kier alpha value is -1.59. The molecule has 0 radical (unpaired) electrons. The van der Waals surface area contributed by atoms with Gasteiger partial charge in [0.2, 0.25) is 5.91 Å². The van der Waals surface area contributed by atoms with E-state index in [0.29, 0.717) is 13.2 Å². The second-order valence-electron chi connectivity index (χ2n) is 5.57. The Balaban J connectivity index is 1.62. The van der Waals surface area contributed by atoms with Crippen LogP contribution in [0.2, 0.25) is 0 Å². The highest BCUT2D eigenvalue weighted by Crippen LogP contribution is 2.08. The van der Waals surface area contributed by atoms with E-state index >= 15 is 0 Å². The van der Waals surface area contributed by atoms with Crippen LogP contribution >= 0.6 is 0 Å². The maximum atomic E-state index is 11.7. The number of carbonyl (C=O) groups is 1. The van der Waals surface area contributed by atoms with E-state index < -0.39 is 0 Å². The largest absolute Gasteiger partial charge is 0.492 e. The van der Waals surface area contributed by atoms with E-state index in [1.807, 2.05) is 30.3 Å². The van der Waals surface area contributed by atoms with E-state index in [4.69, 9.17) is 4.74 Å². The van der Waals surface area contributed by atoms with Crippen molar-refractivity contribution in [3.05, 3.63) is 30.3 Å². The van der Waals surface area contributed by atoms with Crippen molar-refractivity contribution in [1.29, 1.82) is 0 Å². The van der Waals surface area contributed by atoms with E-state index in [0.717, 1.165) is 38.5 Å². The number of para-hydroxylation sites is 1. The summed E-state index contributed by atoms with van der Waals surface area (Å²) in [5.41, 5.74) is 0. The summed E-state index contributed by atoms with van der Waals surface area (Å²) < 4.78 is 5.72. The molecule has 1 aromatic rings. The molecule has 1 aromatic carbocycles. The topological polar surface area (TPSA) is 36.0 Å². The number of piperazine rings is 1. The highest BCUT2D eigenvalue weighted by Gasteiger charge is 2.19. The third-order valence-corrected chi connectivity index (χ3v) is 3.74. The van der Waals surface area contributed by atoms with Gasteiger partial charge in [0.15, 0.2) is 0 Å². The zero-order chi connectivity index (χ0) is 15.1. The van der Waals surface area contributed by atoms with Crippen LogP contribution in [0, 0.1) is 0 Å². The van der Waals surface area contributed by atoms with Crippen LogP contribution in [0.25, 0.3) is 0 Å². The van der Waals surface area contributed by atoms with Crippen molar-refractivity contribution in [3.63, 3.8) is 0 Å². The molecule has 0 unspecified atom stereocenters. The third-order valence-electron chi connectivity index (χ3n) is 3.74. The smallest absolute Gasteiger partial charge is 0.236 e. The number of ether oxygens (including phenoxy) is 1. The van der Waals surface area contributed by atoms with Gasteiger partial charge in [-0.15, -0.1) is 0 Å². The fraction of sp³-hybridized carbons (Fsp3) is 0.562. The van der Waals surface area contributed by atoms with Crippen LogP contribution in [-0.4, -0.2) is 80.6 Å². The predicted molar refractivity (Wildman–Crippen MR) is 83.5 cm³/mol. The van der Waals surface area contributed by atoms with Crippen LogP contribution in [0.1, 0.15) is 0 Å². The maximum Gasteiger partial charge on any atom is 0.236 e. The summed E-state index contributed by atoms with van der Waals surface area (Å²) in [6.07, 6.45) is 0. The Morgan fingerprint density at radius 3 is 2.33 bits per heavy atom. The van der Waals surface area contributed by atoms with Crippen molar-refractivity contribution >= 4 is 5.91 Å². The van der Waals surface area contributed by atoms with Gasteiger partial charge in [0.1, 0.15) is 12.4 Å². The Bertz CT molecular complexity index is 428. The van der Waals surface area contributed by atoms with Crippen molar-refractivity contribution in [1.82, 2.24) is 14.7 Å². The van der Waals surface area contributed by atoms with Crippen molar-refractivity contribution in [3.8, 4) is 5.75 Å². The average molecular weight is 291 g/mol. The Morgan fingerprint density at radius 1 is 1.10 bits per heavy atom. The van der Waals surface area contributed by atoms with Crippen LogP contribution in [0.3, 0.4) is 0 Å². The summed E-state index contributed by atoms with van der Waals surface area (Å²) in [6.45, 7) is 6.07. The lowest BCUT2D eigenvalue weighted by Gasteiger charge is -2.34. The van der Waals surface area contributed by atoms with E-state index in [1.165, 1.54) is 0 Å². The van der Waals surface area contributed by atoms with Crippen LogP contribution in [-0.2, 0) is 4.79 Å². The molecule has 5 heteroatoms. The molecule has 0 spiro atoms. The second-order valence-corrected chi connectivity index (χ2v) is 5.57. The number of nitrogens with zero attached hydrogens (tertiary/aromatic N) is 3. The molecule has 2 rings (SSSR count). The molecule has 0 N–H and O–H groups in total. The van der Waals surface area contributed by atoms with Gasteiger partial charge in [0.05, 0.1) is 6.54 Å². The molecule has 21 heavy (non-hydrogen) atoms. The molecule has 116 valence electrons. The molecular weight excluding hydrogens is 266 g/mol. The lowest BCUT2D eigenvalue weighted by Crippen LogP contribution is -2.50. The minimum absolute atomic E-state index is 0.177. The summed E-state index contributed by atoms with van der Waals surface area (Å²) in [4.78, 5) is 17.9. The number of benzene rings is 1. The first-order valence-corrected chi connectivity index (χ1v) is 7.48. The van der Waals surface area contributed by atoms with Gasteiger partial charge in [-0.25, -0.2) is 0 Å². The molecule has 0 aromatic heterocycles. The molecule has 5 nitrogen and oxygen atoms in total. The van der Waals surface area contributed by atoms with E-state index in [-0.39, 0.29) is 5.91 Å². The van der Waals surface area contributed by atoms with E-state index in [2.05, 4.69) is 9.80 Å². The Morgan fingerprint density at radius 2 is 1.71 bits per heavy atom. The zero-order valence-corrected chi connectivity index (χ0v) is 13.0. The Labute approximate surface area is 127 Å². The first kappa shape index (κ1) is 15.8. The minimum Gasteiger partial charge on any atom is -0.492 e. The monoisotopic (exact) mass is 291 g/mol. The quantitative estimate of drug-likeness (QED) is 0.776. The van der Waals surface area contributed by atoms with Gasteiger partial charge >= 0.3 is 0 Å². The summed E-state index contributed by atoms with van der Waals surface area (Å²) in [5.74, 6) is 1.10. The molecule has 0 saturated carbocycles. The summed E-state index contributed by atoms with van der Waals surface area (Å²) in [7, 11) is 3.61. The van der Waals surface area contributed by atoms with Crippen LogP contribution in [0.15, 0.2) is 30.3 Å². The molecule has 0 atom stereocenters. The first-order chi connectivity index (χ1) is 10.1. The van der Waals surface area contributed by atoms with Crippen LogP contribution in [0.5, 0.6) is 5.75 Å².